The summed E-state index contributed by atoms with van der Waals surface area (Å²) in [6.07, 6.45) is 4.46. The van der Waals surface area contributed by atoms with E-state index >= 15 is 0 Å². The topological polar surface area (TPSA) is 40.5 Å². The van der Waals surface area contributed by atoms with Gasteiger partial charge in [0.15, 0.2) is 0 Å². The van der Waals surface area contributed by atoms with Crippen LogP contribution in [-0.4, -0.2) is 28.6 Å². The minimum Gasteiger partial charge on any atom is -0.480 e. The third-order valence-electron chi connectivity index (χ3n) is 5.43. The first kappa shape index (κ1) is 14.6. The van der Waals surface area contributed by atoms with Crippen molar-refractivity contribution >= 4 is 5.97 Å². The van der Waals surface area contributed by atoms with E-state index in [9.17, 15) is 9.90 Å². The highest BCUT2D eigenvalue weighted by Gasteiger charge is 2.49. The van der Waals surface area contributed by atoms with Gasteiger partial charge in [0, 0.05) is 12.6 Å². The van der Waals surface area contributed by atoms with E-state index in [0.29, 0.717) is 11.8 Å². The highest BCUT2D eigenvalue weighted by atomic mass is 16.4. The Bertz CT molecular complexity index is 510. The SMILES string of the molecule is CCC(c1ccc(C)cc1)N1CC2CCCC2C1C(=O)O. The van der Waals surface area contributed by atoms with E-state index in [4.69, 9.17) is 0 Å². The van der Waals surface area contributed by atoms with Crippen LogP contribution in [0.3, 0.4) is 0 Å². The second-order valence-corrected chi connectivity index (χ2v) is 6.67. The van der Waals surface area contributed by atoms with Gasteiger partial charge in [-0.15, -0.1) is 0 Å². The van der Waals surface area contributed by atoms with E-state index in [-0.39, 0.29) is 12.1 Å². The molecule has 1 saturated carbocycles. The maximum Gasteiger partial charge on any atom is 0.321 e. The lowest BCUT2D eigenvalue weighted by atomic mass is 9.93. The van der Waals surface area contributed by atoms with Crippen molar-refractivity contribution in [1.82, 2.24) is 4.90 Å². The number of aliphatic carboxylic acids is 1. The Kier molecular flexibility index (Phi) is 4.03. The number of hydrogen-bond donors (Lipinski definition) is 1. The summed E-state index contributed by atoms with van der Waals surface area (Å²) in [5.41, 5.74) is 2.51. The van der Waals surface area contributed by atoms with Crippen LogP contribution in [0.1, 0.15) is 49.8 Å². The number of carbonyl (C=O) groups is 1. The van der Waals surface area contributed by atoms with Crippen molar-refractivity contribution in [2.45, 2.75) is 51.6 Å². The molecule has 4 unspecified atom stereocenters. The molecule has 0 spiro atoms. The van der Waals surface area contributed by atoms with Gasteiger partial charge in [0.2, 0.25) is 0 Å². The summed E-state index contributed by atoms with van der Waals surface area (Å²) < 4.78 is 0. The van der Waals surface area contributed by atoms with Crippen molar-refractivity contribution in [2.24, 2.45) is 11.8 Å². The van der Waals surface area contributed by atoms with Gasteiger partial charge in [0.1, 0.15) is 6.04 Å². The summed E-state index contributed by atoms with van der Waals surface area (Å²) in [5, 5.41) is 9.72. The monoisotopic (exact) mass is 287 g/mol. The molecule has 1 heterocycles. The zero-order valence-electron chi connectivity index (χ0n) is 13.0. The van der Waals surface area contributed by atoms with Crippen molar-refractivity contribution in [3.8, 4) is 0 Å². The van der Waals surface area contributed by atoms with Crippen LogP contribution in [0, 0.1) is 18.8 Å². The van der Waals surface area contributed by atoms with Crippen molar-refractivity contribution < 1.29 is 9.90 Å². The predicted octanol–water partition coefficient (Wildman–Crippen LogP) is 3.63. The fourth-order valence-electron chi connectivity index (χ4n) is 4.43. The molecule has 0 amide bonds. The van der Waals surface area contributed by atoms with Crippen LogP contribution >= 0.6 is 0 Å². The molecule has 2 fully saturated rings. The lowest BCUT2D eigenvalue weighted by Crippen LogP contribution is -2.41. The Balaban J connectivity index is 1.89. The van der Waals surface area contributed by atoms with Gasteiger partial charge in [-0.05, 0) is 43.6 Å². The molecule has 3 nitrogen and oxygen atoms in total. The van der Waals surface area contributed by atoms with Crippen molar-refractivity contribution in [3.05, 3.63) is 35.4 Å². The smallest absolute Gasteiger partial charge is 0.321 e. The molecule has 114 valence electrons. The Morgan fingerprint density at radius 3 is 2.67 bits per heavy atom. The molecule has 1 N–H and O–H groups in total. The maximum absolute atomic E-state index is 11.8. The van der Waals surface area contributed by atoms with Crippen LogP contribution in [0.25, 0.3) is 0 Å². The van der Waals surface area contributed by atoms with Crippen LogP contribution in [0.2, 0.25) is 0 Å². The van der Waals surface area contributed by atoms with Crippen LogP contribution in [0.5, 0.6) is 0 Å². The Hall–Kier alpha value is -1.35. The van der Waals surface area contributed by atoms with Crippen LogP contribution < -0.4 is 0 Å². The van der Waals surface area contributed by atoms with Crippen LogP contribution in [-0.2, 0) is 4.79 Å². The van der Waals surface area contributed by atoms with Crippen molar-refractivity contribution in [3.63, 3.8) is 0 Å². The molecule has 1 aliphatic carbocycles. The number of hydrogen-bond acceptors (Lipinski definition) is 2. The molecule has 0 aromatic heterocycles. The van der Waals surface area contributed by atoms with E-state index < -0.39 is 5.97 Å². The lowest BCUT2D eigenvalue weighted by molar-refractivity contribution is -0.144. The fourth-order valence-corrected chi connectivity index (χ4v) is 4.43. The molecule has 2 aliphatic rings. The molecule has 21 heavy (non-hydrogen) atoms. The normalized spacial score (nSPS) is 30.3. The molecule has 3 heteroatoms. The molecule has 1 aromatic rings. The average Bonchev–Trinajstić information content (AvgIpc) is 3.01. The van der Waals surface area contributed by atoms with Gasteiger partial charge in [0.25, 0.3) is 0 Å². The molecule has 0 bridgehead atoms. The van der Waals surface area contributed by atoms with E-state index in [1.54, 1.807) is 0 Å². The third-order valence-corrected chi connectivity index (χ3v) is 5.43. The third kappa shape index (κ3) is 2.59. The number of rotatable bonds is 4. The molecular weight excluding hydrogens is 262 g/mol. The van der Waals surface area contributed by atoms with Crippen LogP contribution in [0.4, 0.5) is 0 Å². The number of carboxylic acid groups (broad SMARTS) is 1. The van der Waals surface area contributed by atoms with Crippen molar-refractivity contribution in [1.29, 1.82) is 0 Å². The molecule has 1 aromatic carbocycles. The molecule has 1 aliphatic heterocycles. The number of aryl methyl sites for hydroxylation is 1. The quantitative estimate of drug-likeness (QED) is 0.919. The summed E-state index contributed by atoms with van der Waals surface area (Å²) in [6, 6.07) is 8.53. The Morgan fingerprint density at radius 1 is 1.33 bits per heavy atom. The second kappa shape index (κ2) is 5.80. The summed E-state index contributed by atoms with van der Waals surface area (Å²) in [6.45, 7) is 5.20. The van der Waals surface area contributed by atoms with Gasteiger partial charge in [-0.3, -0.25) is 9.69 Å². The van der Waals surface area contributed by atoms with Crippen molar-refractivity contribution in [2.75, 3.05) is 6.54 Å². The lowest BCUT2D eigenvalue weighted by Gasteiger charge is -2.32. The second-order valence-electron chi connectivity index (χ2n) is 6.67. The van der Waals surface area contributed by atoms with Gasteiger partial charge >= 0.3 is 5.97 Å². The summed E-state index contributed by atoms with van der Waals surface area (Å²) in [4.78, 5) is 14.1. The number of fused-ring (bicyclic) bond motifs is 1. The maximum atomic E-state index is 11.8. The zero-order valence-corrected chi connectivity index (χ0v) is 13.0. The Morgan fingerprint density at radius 2 is 2.05 bits per heavy atom. The highest BCUT2D eigenvalue weighted by Crippen LogP contribution is 2.45. The summed E-state index contributed by atoms with van der Waals surface area (Å²) in [5.74, 6) is 0.322. The first-order valence-corrected chi connectivity index (χ1v) is 8.17. The van der Waals surface area contributed by atoms with E-state index in [1.165, 1.54) is 24.0 Å². The van der Waals surface area contributed by atoms with Gasteiger partial charge < -0.3 is 5.11 Å². The Labute approximate surface area is 127 Å². The minimum absolute atomic E-state index is 0.234. The number of carboxylic acids is 1. The fraction of sp³-hybridized carbons (Fsp3) is 0.611. The van der Waals surface area contributed by atoms with E-state index in [2.05, 4.69) is 43.0 Å². The molecular formula is C18H25NO2. The van der Waals surface area contributed by atoms with Crippen LogP contribution in [0.15, 0.2) is 24.3 Å². The zero-order chi connectivity index (χ0) is 15.0. The number of likely N-dealkylation sites (tertiary alicyclic amines) is 1. The largest absolute Gasteiger partial charge is 0.480 e. The standard InChI is InChI=1S/C18H25NO2/c1-3-16(13-9-7-12(2)8-10-13)19-11-14-5-4-6-15(14)17(19)18(20)21/h7-10,14-17H,3-6,11H2,1-2H3,(H,20,21). The van der Waals surface area contributed by atoms with E-state index in [1.807, 2.05) is 0 Å². The number of nitrogens with zero attached hydrogens (tertiary/aromatic N) is 1. The summed E-state index contributed by atoms with van der Waals surface area (Å²) >= 11 is 0. The molecule has 0 radical (unpaired) electrons. The molecule has 1 saturated heterocycles. The molecule has 3 rings (SSSR count). The average molecular weight is 287 g/mol. The first-order valence-electron chi connectivity index (χ1n) is 8.17. The van der Waals surface area contributed by atoms with E-state index in [0.717, 1.165) is 19.4 Å². The van der Waals surface area contributed by atoms with Gasteiger partial charge in [-0.25, -0.2) is 0 Å². The predicted molar refractivity (Wildman–Crippen MR) is 83.2 cm³/mol. The van der Waals surface area contributed by atoms with Gasteiger partial charge in [-0.2, -0.15) is 0 Å². The highest BCUT2D eigenvalue weighted by molar-refractivity contribution is 5.74. The van der Waals surface area contributed by atoms with Gasteiger partial charge in [0.05, 0.1) is 0 Å². The minimum atomic E-state index is -0.630. The van der Waals surface area contributed by atoms with Gasteiger partial charge in [-0.1, -0.05) is 43.2 Å². The first-order chi connectivity index (χ1) is 10.1. The summed E-state index contributed by atoms with van der Waals surface area (Å²) in [7, 11) is 0. The molecule has 4 atom stereocenters. The number of benzene rings is 1.